The Balaban J connectivity index is 1.70. The van der Waals surface area contributed by atoms with Gasteiger partial charge in [-0.3, -0.25) is 9.69 Å². The number of benzene rings is 1. The van der Waals surface area contributed by atoms with Crippen molar-refractivity contribution in [2.75, 3.05) is 13.1 Å². The van der Waals surface area contributed by atoms with E-state index in [0.29, 0.717) is 6.04 Å². The van der Waals surface area contributed by atoms with Gasteiger partial charge in [-0.05, 0) is 49.1 Å². The summed E-state index contributed by atoms with van der Waals surface area (Å²) in [5.41, 5.74) is 2.85. The van der Waals surface area contributed by atoms with Crippen LogP contribution in [0.15, 0.2) is 24.3 Å². The third kappa shape index (κ3) is 3.16. The van der Waals surface area contributed by atoms with Crippen LogP contribution >= 0.6 is 0 Å². The minimum absolute atomic E-state index is 0.198. The maximum atomic E-state index is 11.1. The van der Waals surface area contributed by atoms with Crippen molar-refractivity contribution in [1.29, 1.82) is 0 Å². The molecule has 0 heterocycles. The molecule has 2 aliphatic rings. The molecule has 1 saturated carbocycles. The van der Waals surface area contributed by atoms with Crippen LogP contribution in [0.1, 0.15) is 30.4 Å². The van der Waals surface area contributed by atoms with Gasteiger partial charge in [-0.25, -0.2) is 0 Å². The molecule has 19 heavy (non-hydrogen) atoms. The SMILES string of the molecule is O=C(O)CN(CC1CC1)C1CCc2ccccc2C1. The molecular weight excluding hydrogens is 238 g/mol. The maximum Gasteiger partial charge on any atom is 0.317 e. The van der Waals surface area contributed by atoms with Crippen LogP contribution in [0.2, 0.25) is 0 Å². The van der Waals surface area contributed by atoms with Gasteiger partial charge in [0.25, 0.3) is 0 Å². The van der Waals surface area contributed by atoms with Gasteiger partial charge in [0.05, 0.1) is 6.54 Å². The average molecular weight is 259 g/mol. The van der Waals surface area contributed by atoms with Crippen LogP contribution in [0.4, 0.5) is 0 Å². The molecule has 1 aromatic rings. The molecule has 3 heteroatoms. The van der Waals surface area contributed by atoms with E-state index < -0.39 is 5.97 Å². The van der Waals surface area contributed by atoms with E-state index in [9.17, 15) is 4.79 Å². The van der Waals surface area contributed by atoms with E-state index in [2.05, 4.69) is 29.2 Å². The van der Waals surface area contributed by atoms with Crippen LogP contribution < -0.4 is 0 Å². The number of rotatable bonds is 5. The molecule has 1 N–H and O–H groups in total. The van der Waals surface area contributed by atoms with Gasteiger partial charge in [-0.2, -0.15) is 0 Å². The van der Waals surface area contributed by atoms with Crippen LogP contribution in [0.3, 0.4) is 0 Å². The predicted octanol–water partition coefficient (Wildman–Crippen LogP) is 2.34. The number of fused-ring (bicyclic) bond motifs is 1. The van der Waals surface area contributed by atoms with E-state index in [1.54, 1.807) is 0 Å². The van der Waals surface area contributed by atoms with Gasteiger partial charge in [0, 0.05) is 12.6 Å². The molecule has 0 bridgehead atoms. The van der Waals surface area contributed by atoms with Crippen molar-refractivity contribution in [1.82, 2.24) is 4.90 Å². The summed E-state index contributed by atoms with van der Waals surface area (Å²) in [4.78, 5) is 13.3. The normalized spacial score (nSPS) is 22.3. The van der Waals surface area contributed by atoms with Crippen molar-refractivity contribution in [3.05, 3.63) is 35.4 Å². The number of aliphatic carboxylic acids is 1. The highest BCUT2D eigenvalue weighted by molar-refractivity contribution is 5.69. The van der Waals surface area contributed by atoms with E-state index >= 15 is 0 Å². The zero-order valence-corrected chi connectivity index (χ0v) is 11.2. The van der Waals surface area contributed by atoms with Crippen molar-refractivity contribution < 1.29 is 9.90 Å². The summed E-state index contributed by atoms with van der Waals surface area (Å²) < 4.78 is 0. The second-order valence-corrected chi connectivity index (χ2v) is 5.93. The minimum Gasteiger partial charge on any atom is -0.480 e. The third-order valence-electron chi connectivity index (χ3n) is 4.37. The van der Waals surface area contributed by atoms with Crippen LogP contribution in [-0.4, -0.2) is 35.1 Å². The summed E-state index contributed by atoms with van der Waals surface area (Å²) in [6.07, 6.45) is 5.74. The Morgan fingerprint density at radius 2 is 1.95 bits per heavy atom. The van der Waals surface area contributed by atoms with Crippen LogP contribution in [0.5, 0.6) is 0 Å². The molecule has 0 radical (unpaired) electrons. The van der Waals surface area contributed by atoms with Crippen molar-refractivity contribution >= 4 is 5.97 Å². The van der Waals surface area contributed by atoms with Crippen molar-refractivity contribution in [3.8, 4) is 0 Å². The molecule has 1 unspecified atom stereocenters. The maximum absolute atomic E-state index is 11.1. The van der Waals surface area contributed by atoms with Gasteiger partial charge in [-0.1, -0.05) is 24.3 Å². The number of hydrogen-bond donors (Lipinski definition) is 1. The van der Waals surface area contributed by atoms with E-state index in [1.165, 1.54) is 24.0 Å². The number of carboxylic acid groups (broad SMARTS) is 1. The molecule has 102 valence electrons. The molecule has 3 rings (SSSR count). The summed E-state index contributed by atoms with van der Waals surface area (Å²) in [6.45, 7) is 1.17. The molecule has 0 amide bonds. The number of aryl methyl sites for hydroxylation is 1. The molecule has 0 spiro atoms. The largest absolute Gasteiger partial charge is 0.480 e. The summed E-state index contributed by atoms with van der Waals surface area (Å²) in [6, 6.07) is 8.99. The molecule has 1 aromatic carbocycles. The zero-order valence-electron chi connectivity index (χ0n) is 11.2. The fraction of sp³-hybridized carbons (Fsp3) is 0.562. The van der Waals surface area contributed by atoms with Gasteiger partial charge >= 0.3 is 5.97 Å². The van der Waals surface area contributed by atoms with Gasteiger partial charge < -0.3 is 5.11 Å². The highest BCUT2D eigenvalue weighted by Gasteiger charge is 2.31. The number of nitrogens with zero attached hydrogens (tertiary/aromatic N) is 1. The highest BCUT2D eigenvalue weighted by atomic mass is 16.4. The van der Waals surface area contributed by atoms with Crippen LogP contribution in [0, 0.1) is 5.92 Å². The van der Waals surface area contributed by atoms with Gasteiger partial charge in [0.1, 0.15) is 0 Å². The highest BCUT2D eigenvalue weighted by Crippen LogP contribution is 2.32. The number of carbonyl (C=O) groups is 1. The van der Waals surface area contributed by atoms with Gasteiger partial charge in [0.15, 0.2) is 0 Å². The Labute approximate surface area is 114 Å². The molecule has 2 aliphatic carbocycles. The van der Waals surface area contributed by atoms with Crippen molar-refractivity contribution in [2.45, 2.75) is 38.1 Å². The Morgan fingerprint density at radius 3 is 2.63 bits per heavy atom. The number of hydrogen-bond acceptors (Lipinski definition) is 2. The third-order valence-corrected chi connectivity index (χ3v) is 4.37. The van der Waals surface area contributed by atoms with Gasteiger partial charge in [-0.15, -0.1) is 0 Å². The quantitative estimate of drug-likeness (QED) is 0.882. The molecule has 0 saturated heterocycles. The predicted molar refractivity (Wildman–Crippen MR) is 74.2 cm³/mol. The summed E-state index contributed by atoms with van der Waals surface area (Å²) in [5, 5.41) is 9.10. The van der Waals surface area contributed by atoms with E-state index in [4.69, 9.17) is 5.11 Å². The van der Waals surface area contributed by atoms with Crippen molar-refractivity contribution in [2.24, 2.45) is 5.92 Å². The second kappa shape index (κ2) is 5.33. The first-order chi connectivity index (χ1) is 9.22. The Kier molecular flexibility index (Phi) is 3.56. The van der Waals surface area contributed by atoms with Crippen LogP contribution in [0.25, 0.3) is 0 Å². The van der Waals surface area contributed by atoms with E-state index in [0.717, 1.165) is 31.7 Å². The van der Waals surface area contributed by atoms with Crippen molar-refractivity contribution in [3.63, 3.8) is 0 Å². The monoisotopic (exact) mass is 259 g/mol. The average Bonchev–Trinajstić information content (AvgIpc) is 3.21. The zero-order chi connectivity index (χ0) is 13.2. The molecule has 0 aromatic heterocycles. The first-order valence-corrected chi connectivity index (χ1v) is 7.25. The van der Waals surface area contributed by atoms with Gasteiger partial charge in [0.2, 0.25) is 0 Å². The summed E-state index contributed by atoms with van der Waals surface area (Å²) >= 11 is 0. The topological polar surface area (TPSA) is 40.5 Å². The molecule has 3 nitrogen and oxygen atoms in total. The fourth-order valence-electron chi connectivity index (χ4n) is 3.14. The summed E-state index contributed by atoms with van der Waals surface area (Å²) in [5.74, 6) is 0.0519. The Hall–Kier alpha value is -1.35. The fourth-order valence-corrected chi connectivity index (χ4v) is 3.14. The molecule has 1 fully saturated rings. The molecule has 1 atom stereocenters. The lowest BCUT2D eigenvalue weighted by Crippen LogP contribution is -2.43. The van der Waals surface area contributed by atoms with Crippen LogP contribution in [-0.2, 0) is 17.6 Å². The summed E-state index contributed by atoms with van der Waals surface area (Å²) in [7, 11) is 0. The minimum atomic E-state index is -0.695. The Bertz CT molecular complexity index is 468. The molecular formula is C16H21NO2. The first kappa shape index (κ1) is 12.7. The van der Waals surface area contributed by atoms with E-state index in [1.807, 2.05) is 0 Å². The number of carboxylic acids is 1. The second-order valence-electron chi connectivity index (χ2n) is 5.93. The smallest absolute Gasteiger partial charge is 0.317 e. The van der Waals surface area contributed by atoms with E-state index in [-0.39, 0.29) is 6.54 Å². The molecule has 0 aliphatic heterocycles. The lowest BCUT2D eigenvalue weighted by atomic mass is 9.87. The lowest BCUT2D eigenvalue weighted by molar-refractivity contribution is -0.139. The first-order valence-electron chi connectivity index (χ1n) is 7.25. The standard InChI is InChI=1S/C16H21NO2/c18-16(19)11-17(10-12-5-6-12)15-8-7-13-3-1-2-4-14(13)9-15/h1-4,12,15H,5-11H2,(H,18,19). The Morgan fingerprint density at radius 1 is 1.21 bits per heavy atom. The lowest BCUT2D eigenvalue weighted by Gasteiger charge is -2.34.